The molecule has 0 spiro atoms. The van der Waals surface area contributed by atoms with E-state index in [1.807, 2.05) is 19.1 Å². The van der Waals surface area contributed by atoms with Crippen LogP contribution in [0.2, 0.25) is 0 Å². The third kappa shape index (κ3) is 2.38. The fourth-order valence-electron chi connectivity index (χ4n) is 0.906. The van der Waals surface area contributed by atoms with Crippen LogP contribution >= 0.6 is 0 Å². The fraction of sp³-hybridized carbons (Fsp3) is 0.333. The van der Waals surface area contributed by atoms with Crippen LogP contribution in [0.15, 0.2) is 18.3 Å². The third-order valence-electron chi connectivity index (χ3n) is 1.45. The molecule has 0 unspecified atom stereocenters. The normalized spacial score (nSPS) is 9.09. The molecule has 0 aromatic carbocycles. The lowest BCUT2D eigenvalue weighted by molar-refractivity contribution is 0.993. The van der Waals surface area contributed by atoms with E-state index in [9.17, 15) is 0 Å². The molecule has 1 aromatic rings. The second kappa shape index (κ2) is 3.72. The number of aryl methyl sites for hydroxylation is 1. The number of rotatable bonds is 2. The van der Waals surface area contributed by atoms with Crippen molar-refractivity contribution in [3.63, 3.8) is 0 Å². The van der Waals surface area contributed by atoms with Gasteiger partial charge in [-0.15, -0.1) is 0 Å². The summed E-state index contributed by atoms with van der Waals surface area (Å²) in [4.78, 5) is 7.40. The van der Waals surface area contributed by atoms with Gasteiger partial charge < -0.3 is 4.85 Å². The predicted molar refractivity (Wildman–Crippen MR) is 44.1 cm³/mol. The molecule has 0 radical (unpaired) electrons. The van der Waals surface area contributed by atoms with E-state index in [4.69, 9.17) is 6.57 Å². The number of aromatic nitrogens is 1. The lowest BCUT2D eigenvalue weighted by atomic mass is 10.2. The maximum absolute atomic E-state index is 6.60. The Labute approximate surface area is 66.7 Å². The minimum atomic E-state index is 0.538. The molecule has 0 atom stereocenters. The molecule has 11 heavy (non-hydrogen) atoms. The van der Waals surface area contributed by atoms with Crippen molar-refractivity contribution in [3.8, 4) is 0 Å². The Morgan fingerprint density at radius 3 is 3.09 bits per heavy atom. The van der Waals surface area contributed by atoms with Crippen molar-refractivity contribution in [1.29, 1.82) is 0 Å². The van der Waals surface area contributed by atoms with Crippen molar-refractivity contribution >= 4 is 0 Å². The van der Waals surface area contributed by atoms with Crippen LogP contribution in [0, 0.1) is 13.5 Å². The van der Waals surface area contributed by atoms with Crippen LogP contribution < -0.4 is 0 Å². The molecule has 0 saturated heterocycles. The Morgan fingerprint density at radius 1 is 1.64 bits per heavy atom. The van der Waals surface area contributed by atoms with E-state index in [1.165, 1.54) is 5.56 Å². The SMILES string of the molecule is [C-]#[N+]CCc1cc(C)ccn1. The molecule has 0 fully saturated rings. The molecule has 2 nitrogen and oxygen atoms in total. The van der Waals surface area contributed by atoms with E-state index < -0.39 is 0 Å². The van der Waals surface area contributed by atoms with Crippen molar-refractivity contribution in [1.82, 2.24) is 4.98 Å². The van der Waals surface area contributed by atoms with E-state index in [1.54, 1.807) is 6.20 Å². The van der Waals surface area contributed by atoms with E-state index in [0.29, 0.717) is 6.54 Å². The summed E-state index contributed by atoms with van der Waals surface area (Å²) in [5.74, 6) is 0. The molecular formula is C9H10N2. The first-order valence-electron chi connectivity index (χ1n) is 3.57. The monoisotopic (exact) mass is 146 g/mol. The molecule has 1 heterocycles. The van der Waals surface area contributed by atoms with Gasteiger partial charge in [-0.1, -0.05) is 0 Å². The second-order valence-electron chi connectivity index (χ2n) is 2.46. The van der Waals surface area contributed by atoms with Crippen LogP contribution in [-0.4, -0.2) is 11.5 Å². The maximum atomic E-state index is 6.60. The highest BCUT2D eigenvalue weighted by atomic mass is 14.7. The minimum absolute atomic E-state index is 0.538. The van der Waals surface area contributed by atoms with Crippen molar-refractivity contribution in [2.75, 3.05) is 6.54 Å². The van der Waals surface area contributed by atoms with Gasteiger partial charge in [-0.3, -0.25) is 4.98 Å². The molecule has 0 amide bonds. The standard InChI is InChI=1S/C9H10N2/c1-8-3-6-11-9(7-8)4-5-10-2/h3,6-7H,4-5H2,1H3. The fourth-order valence-corrected chi connectivity index (χ4v) is 0.906. The van der Waals surface area contributed by atoms with Crippen molar-refractivity contribution in [3.05, 3.63) is 41.0 Å². The molecule has 56 valence electrons. The molecule has 0 aliphatic heterocycles. The van der Waals surface area contributed by atoms with Gasteiger partial charge in [-0.05, 0) is 24.6 Å². The van der Waals surface area contributed by atoms with E-state index >= 15 is 0 Å². The van der Waals surface area contributed by atoms with Crippen LogP contribution in [0.4, 0.5) is 0 Å². The van der Waals surface area contributed by atoms with Gasteiger partial charge in [0.05, 0.1) is 6.42 Å². The Bertz CT molecular complexity index is 273. The van der Waals surface area contributed by atoms with Gasteiger partial charge in [0.25, 0.3) is 0 Å². The van der Waals surface area contributed by atoms with Crippen LogP contribution in [0.5, 0.6) is 0 Å². The van der Waals surface area contributed by atoms with Gasteiger partial charge in [-0.25, -0.2) is 6.57 Å². The van der Waals surface area contributed by atoms with Gasteiger partial charge in [0.1, 0.15) is 0 Å². The van der Waals surface area contributed by atoms with Crippen molar-refractivity contribution in [2.24, 2.45) is 0 Å². The molecule has 0 saturated carbocycles. The van der Waals surface area contributed by atoms with Crippen LogP contribution in [0.1, 0.15) is 11.3 Å². The summed E-state index contributed by atoms with van der Waals surface area (Å²) in [6.45, 7) is 9.17. The smallest absolute Gasteiger partial charge is 0.220 e. The average Bonchev–Trinajstić information content (AvgIpc) is 2.01. The van der Waals surface area contributed by atoms with Gasteiger partial charge in [-0.2, -0.15) is 0 Å². The quantitative estimate of drug-likeness (QED) is 0.582. The molecule has 2 heteroatoms. The van der Waals surface area contributed by atoms with Crippen LogP contribution in [-0.2, 0) is 6.42 Å². The largest absolute Gasteiger partial charge is 0.317 e. The Morgan fingerprint density at radius 2 is 2.45 bits per heavy atom. The molecular weight excluding hydrogens is 136 g/mol. The van der Waals surface area contributed by atoms with Gasteiger partial charge in [0.15, 0.2) is 0 Å². The molecule has 0 N–H and O–H groups in total. The Balaban J connectivity index is 2.65. The molecule has 1 aromatic heterocycles. The first-order valence-corrected chi connectivity index (χ1v) is 3.57. The predicted octanol–water partition coefficient (Wildman–Crippen LogP) is 1.85. The van der Waals surface area contributed by atoms with Crippen LogP contribution in [0.25, 0.3) is 4.85 Å². The van der Waals surface area contributed by atoms with E-state index in [0.717, 1.165) is 12.1 Å². The van der Waals surface area contributed by atoms with Crippen molar-refractivity contribution < 1.29 is 0 Å². The van der Waals surface area contributed by atoms with Gasteiger partial charge in [0, 0.05) is 11.9 Å². The highest BCUT2D eigenvalue weighted by Crippen LogP contribution is 2.00. The highest BCUT2D eigenvalue weighted by Gasteiger charge is 1.94. The summed E-state index contributed by atoms with van der Waals surface area (Å²) < 4.78 is 0. The first-order chi connectivity index (χ1) is 5.33. The zero-order valence-electron chi connectivity index (χ0n) is 6.54. The van der Waals surface area contributed by atoms with Crippen LogP contribution in [0.3, 0.4) is 0 Å². The average molecular weight is 146 g/mol. The zero-order chi connectivity index (χ0) is 8.10. The summed E-state index contributed by atoms with van der Waals surface area (Å²) >= 11 is 0. The topological polar surface area (TPSA) is 17.2 Å². The zero-order valence-corrected chi connectivity index (χ0v) is 6.54. The molecule has 0 bridgehead atoms. The third-order valence-corrected chi connectivity index (χ3v) is 1.45. The summed E-state index contributed by atoms with van der Waals surface area (Å²) in [6.07, 6.45) is 2.56. The maximum Gasteiger partial charge on any atom is 0.220 e. The van der Waals surface area contributed by atoms with E-state index in [-0.39, 0.29) is 0 Å². The summed E-state index contributed by atoms with van der Waals surface area (Å²) in [5.41, 5.74) is 2.22. The summed E-state index contributed by atoms with van der Waals surface area (Å²) in [7, 11) is 0. The molecule has 0 aliphatic carbocycles. The second-order valence-corrected chi connectivity index (χ2v) is 2.46. The van der Waals surface area contributed by atoms with Gasteiger partial charge in [0.2, 0.25) is 6.54 Å². The Kier molecular flexibility index (Phi) is 2.62. The van der Waals surface area contributed by atoms with E-state index in [2.05, 4.69) is 9.83 Å². The summed E-state index contributed by atoms with van der Waals surface area (Å²) in [5, 5.41) is 0. The van der Waals surface area contributed by atoms with Crippen molar-refractivity contribution in [2.45, 2.75) is 13.3 Å². The Hall–Kier alpha value is -1.36. The number of hydrogen-bond acceptors (Lipinski definition) is 1. The summed E-state index contributed by atoms with van der Waals surface area (Å²) in [6, 6.07) is 3.98. The molecule has 1 rings (SSSR count). The lowest BCUT2D eigenvalue weighted by Crippen LogP contribution is -1.91. The minimum Gasteiger partial charge on any atom is -0.317 e. The molecule has 0 aliphatic rings. The highest BCUT2D eigenvalue weighted by molar-refractivity contribution is 5.14. The first kappa shape index (κ1) is 7.74. The number of hydrogen-bond donors (Lipinski definition) is 0. The van der Waals surface area contributed by atoms with Gasteiger partial charge >= 0.3 is 0 Å². The number of nitrogens with zero attached hydrogens (tertiary/aromatic N) is 2. The lowest BCUT2D eigenvalue weighted by Gasteiger charge is -1.95. The number of pyridine rings is 1.